The van der Waals surface area contributed by atoms with Gasteiger partial charge in [-0.1, -0.05) is 16.8 Å². The zero-order valence-corrected chi connectivity index (χ0v) is 11.5. The second kappa shape index (κ2) is 5.16. The van der Waals surface area contributed by atoms with Gasteiger partial charge in [-0.25, -0.2) is 0 Å². The SMILES string of the molecule is CC(N)Cc1noc(-c2ccc(Cl)cc2Br)n1. The first-order valence-corrected chi connectivity index (χ1v) is 6.27. The minimum Gasteiger partial charge on any atom is -0.334 e. The quantitative estimate of drug-likeness (QED) is 0.945. The molecule has 0 radical (unpaired) electrons. The third-order valence-corrected chi connectivity index (χ3v) is 3.03. The van der Waals surface area contributed by atoms with Gasteiger partial charge in [0.05, 0.1) is 5.56 Å². The number of rotatable bonds is 3. The van der Waals surface area contributed by atoms with E-state index >= 15 is 0 Å². The summed E-state index contributed by atoms with van der Waals surface area (Å²) in [4.78, 5) is 4.28. The maximum atomic E-state index is 5.87. The number of benzene rings is 1. The average Bonchev–Trinajstić information content (AvgIpc) is 2.65. The summed E-state index contributed by atoms with van der Waals surface area (Å²) >= 11 is 9.27. The lowest BCUT2D eigenvalue weighted by Crippen LogP contribution is -2.18. The summed E-state index contributed by atoms with van der Waals surface area (Å²) in [6, 6.07) is 5.40. The van der Waals surface area contributed by atoms with E-state index < -0.39 is 0 Å². The van der Waals surface area contributed by atoms with Gasteiger partial charge < -0.3 is 10.3 Å². The van der Waals surface area contributed by atoms with E-state index in [1.807, 2.05) is 13.0 Å². The molecule has 0 fully saturated rings. The van der Waals surface area contributed by atoms with Crippen LogP contribution < -0.4 is 5.73 Å². The van der Waals surface area contributed by atoms with Crippen molar-refractivity contribution >= 4 is 27.5 Å². The molecule has 0 aliphatic rings. The largest absolute Gasteiger partial charge is 0.334 e. The number of aromatic nitrogens is 2. The molecule has 0 aliphatic carbocycles. The van der Waals surface area contributed by atoms with Gasteiger partial charge in [-0.15, -0.1) is 0 Å². The minimum absolute atomic E-state index is 0.00843. The molecule has 1 heterocycles. The Kier molecular flexibility index (Phi) is 3.81. The van der Waals surface area contributed by atoms with Crippen molar-refractivity contribution in [1.82, 2.24) is 10.1 Å². The van der Waals surface area contributed by atoms with Gasteiger partial charge in [0.15, 0.2) is 5.82 Å². The molecule has 0 bridgehead atoms. The van der Waals surface area contributed by atoms with E-state index in [0.717, 1.165) is 10.0 Å². The molecular formula is C11H11BrClN3O. The van der Waals surface area contributed by atoms with Crippen LogP contribution in [0.2, 0.25) is 5.02 Å². The Morgan fingerprint density at radius 2 is 2.29 bits per heavy atom. The lowest BCUT2D eigenvalue weighted by Gasteiger charge is -1.99. The molecule has 0 aliphatic heterocycles. The average molecular weight is 317 g/mol. The molecule has 0 saturated heterocycles. The smallest absolute Gasteiger partial charge is 0.259 e. The Hall–Kier alpha value is -0.910. The highest BCUT2D eigenvalue weighted by molar-refractivity contribution is 9.10. The van der Waals surface area contributed by atoms with Crippen LogP contribution in [0, 0.1) is 0 Å². The van der Waals surface area contributed by atoms with Crippen molar-refractivity contribution in [3.63, 3.8) is 0 Å². The van der Waals surface area contributed by atoms with Crippen molar-refractivity contribution in [1.29, 1.82) is 0 Å². The lowest BCUT2D eigenvalue weighted by molar-refractivity contribution is 0.420. The Labute approximate surface area is 112 Å². The molecule has 4 nitrogen and oxygen atoms in total. The summed E-state index contributed by atoms with van der Waals surface area (Å²) < 4.78 is 6.00. The summed E-state index contributed by atoms with van der Waals surface area (Å²) in [5, 5.41) is 4.53. The van der Waals surface area contributed by atoms with E-state index in [2.05, 4.69) is 26.1 Å². The topological polar surface area (TPSA) is 64.9 Å². The van der Waals surface area contributed by atoms with E-state index in [1.54, 1.807) is 12.1 Å². The summed E-state index contributed by atoms with van der Waals surface area (Å²) in [6.45, 7) is 1.90. The first-order valence-electron chi connectivity index (χ1n) is 5.10. The van der Waals surface area contributed by atoms with E-state index in [4.69, 9.17) is 21.9 Å². The summed E-state index contributed by atoms with van der Waals surface area (Å²) in [7, 11) is 0. The molecule has 2 rings (SSSR count). The number of halogens is 2. The van der Waals surface area contributed by atoms with Crippen LogP contribution in [0.25, 0.3) is 11.5 Å². The van der Waals surface area contributed by atoms with Crippen LogP contribution in [0.1, 0.15) is 12.7 Å². The normalized spacial score (nSPS) is 12.7. The van der Waals surface area contributed by atoms with Crippen molar-refractivity contribution in [2.75, 3.05) is 0 Å². The maximum absolute atomic E-state index is 5.87. The van der Waals surface area contributed by atoms with Gasteiger partial charge in [-0.3, -0.25) is 0 Å². The second-order valence-corrected chi connectivity index (χ2v) is 5.11. The van der Waals surface area contributed by atoms with Crippen molar-refractivity contribution in [2.24, 2.45) is 5.73 Å². The molecule has 90 valence electrons. The Bertz CT molecular complexity index is 527. The maximum Gasteiger partial charge on any atom is 0.259 e. The third kappa shape index (κ3) is 3.06. The molecule has 17 heavy (non-hydrogen) atoms. The van der Waals surface area contributed by atoms with Crippen LogP contribution in [0.5, 0.6) is 0 Å². The van der Waals surface area contributed by atoms with Gasteiger partial charge in [-0.05, 0) is 41.1 Å². The molecule has 1 aromatic heterocycles. The molecule has 2 N–H and O–H groups in total. The Balaban J connectivity index is 2.30. The fraction of sp³-hybridized carbons (Fsp3) is 0.273. The van der Waals surface area contributed by atoms with E-state index in [-0.39, 0.29) is 6.04 Å². The molecule has 2 aromatic rings. The molecule has 1 aromatic carbocycles. The van der Waals surface area contributed by atoms with E-state index in [9.17, 15) is 0 Å². The standard InChI is InChI=1S/C11H11BrClN3O/c1-6(14)4-10-15-11(17-16-10)8-3-2-7(13)5-9(8)12/h2-3,5-6H,4,14H2,1H3. The highest BCUT2D eigenvalue weighted by Crippen LogP contribution is 2.29. The monoisotopic (exact) mass is 315 g/mol. The summed E-state index contributed by atoms with van der Waals surface area (Å²) in [5.41, 5.74) is 6.49. The van der Waals surface area contributed by atoms with Gasteiger partial charge >= 0.3 is 0 Å². The highest BCUT2D eigenvalue weighted by atomic mass is 79.9. The van der Waals surface area contributed by atoms with Crippen molar-refractivity contribution in [3.8, 4) is 11.5 Å². The number of nitrogens with zero attached hydrogens (tertiary/aromatic N) is 2. The van der Waals surface area contributed by atoms with Crippen LogP contribution in [0.4, 0.5) is 0 Å². The van der Waals surface area contributed by atoms with Crippen molar-refractivity contribution in [3.05, 3.63) is 33.5 Å². The number of nitrogens with two attached hydrogens (primary N) is 1. The Morgan fingerprint density at radius 3 is 2.94 bits per heavy atom. The predicted octanol–water partition coefficient (Wildman–Crippen LogP) is 3.04. The van der Waals surface area contributed by atoms with Crippen molar-refractivity contribution in [2.45, 2.75) is 19.4 Å². The molecule has 0 amide bonds. The van der Waals surface area contributed by atoms with Crippen molar-refractivity contribution < 1.29 is 4.52 Å². The molecule has 0 spiro atoms. The van der Waals surface area contributed by atoms with E-state index in [0.29, 0.717) is 23.2 Å². The molecule has 1 unspecified atom stereocenters. The lowest BCUT2D eigenvalue weighted by atomic mass is 10.2. The molecule has 0 saturated carbocycles. The fourth-order valence-corrected chi connectivity index (χ4v) is 2.25. The molecular weight excluding hydrogens is 305 g/mol. The zero-order valence-electron chi connectivity index (χ0n) is 9.15. The zero-order chi connectivity index (χ0) is 12.4. The van der Waals surface area contributed by atoms with Gasteiger partial charge in [0, 0.05) is 22.0 Å². The van der Waals surface area contributed by atoms with Crippen LogP contribution in [-0.4, -0.2) is 16.2 Å². The van der Waals surface area contributed by atoms with Gasteiger partial charge in [0.2, 0.25) is 0 Å². The fourth-order valence-electron chi connectivity index (χ4n) is 1.40. The summed E-state index contributed by atoms with van der Waals surface area (Å²) in [5.74, 6) is 1.07. The van der Waals surface area contributed by atoms with Gasteiger partial charge in [0.25, 0.3) is 5.89 Å². The van der Waals surface area contributed by atoms with Crippen LogP contribution >= 0.6 is 27.5 Å². The first kappa shape index (κ1) is 12.5. The third-order valence-electron chi connectivity index (χ3n) is 2.13. The van der Waals surface area contributed by atoms with E-state index in [1.165, 1.54) is 0 Å². The molecule has 1 atom stereocenters. The number of hydrogen-bond donors (Lipinski definition) is 1. The minimum atomic E-state index is 0.00843. The van der Waals surface area contributed by atoms with Crippen LogP contribution in [0.15, 0.2) is 27.2 Å². The second-order valence-electron chi connectivity index (χ2n) is 3.82. The van der Waals surface area contributed by atoms with Crippen LogP contribution in [0.3, 0.4) is 0 Å². The van der Waals surface area contributed by atoms with Crippen LogP contribution in [-0.2, 0) is 6.42 Å². The Morgan fingerprint density at radius 1 is 1.53 bits per heavy atom. The first-order chi connectivity index (χ1) is 8.06. The van der Waals surface area contributed by atoms with Gasteiger partial charge in [0.1, 0.15) is 0 Å². The summed E-state index contributed by atoms with van der Waals surface area (Å²) in [6.07, 6.45) is 0.592. The highest BCUT2D eigenvalue weighted by Gasteiger charge is 2.12. The van der Waals surface area contributed by atoms with Gasteiger partial charge in [-0.2, -0.15) is 4.98 Å². The predicted molar refractivity (Wildman–Crippen MR) is 69.8 cm³/mol. The number of hydrogen-bond acceptors (Lipinski definition) is 4. The molecule has 6 heteroatoms.